The van der Waals surface area contributed by atoms with E-state index in [1.165, 1.54) is 0 Å². The second-order valence-electron chi connectivity index (χ2n) is 4.42. The summed E-state index contributed by atoms with van der Waals surface area (Å²) < 4.78 is 10.6. The molecule has 1 aliphatic heterocycles. The van der Waals surface area contributed by atoms with Crippen LogP contribution in [-0.2, 0) is 6.42 Å². The number of rotatable bonds is 3. The molecule has 0 saturated carbocycles. The Hall–Kier alpha value is -2.44. The Morgan fingerprint density at radius 2 is 2.05 bits per heavy atom. The minimum Gasteiger partial charge on any atom is -0.454 e. The number of benzene rings is 1. The van der Waals surface area contributed by atoms with Crippen molar-refractivity contribution in [2.45, 2.75) is 6.42 Å². The Morgan fingerprint density at radius 3 is 2.75 bits per heavy atom. The van der Waals surface area contributed by atoms with Gasteiger partial charge < -0.3 is 25.8 Å². The second kappa shape index (κ2) is 6.14. The highest BCUT2D eigenvalue weighted by molar-refractivity contribution is 5.93. The SMILES string of the molecule is CN=C(N=C(N)N)N(C)CCc1ccc2c(c1)OCO2. The lowest BCUT2D eigenvalue weighted by molar-refractivity contribution is 0.174. The van der Waals surface area contributed by atoms with Crippen molar-refractivity contribution in [3.63, 3.8) is 0 Å². The third kappa shape index (κ3) is 3.31. The Morgan fingerprint density at radius 1 is 1.30 bits per heavy atom. The van der Waals surface area contributed by atoms with E-state index in [4.69, 9.17) is 20.9 Å². The minimum atomic E-state index is 0.000490. The van der Waals surface area contributed by atoms with Crippen LogP contribution in [0.1, 0.15) is 5.56 Å². The van der Waals surface area contributed by atoms with Gasteiger partial charge in [-0.1, -0.05) is 6.07 Å². The van der Waals surface area contributed by atoms with Gasteiger partial charge in [0, 0.05) is 20.6 Å². The lowest BCUT2D eigenvalue weighted by Crippen LogP contribution is -2.32. The molecular formula is C13H19N5O2. The average molecular weight is 277 g/mol. The van der Waals surface area contributed by atoms with Crippen molar-refractivity contribution < 1.29 is 9.47 Å². The van der Waals surface area contributed by atoms with Gasteiger partial charge in [-0.2, -0.15) is 4.99 Å². The van der Waals surface area contributed by atoms with Crippen LogP contribution in [0.25, 0.3) is 0 Å². The van der Waals surface area contributed by atoms with Gasteiger partial charge in [-0.3, -0.25) is 4.99 Å². The van der Waals surface area contributed by atoms with Gasteiger partial charge in [0.15, 0.2) is 17.5 Å². The van der Waals surface area contributed by atoms with Crippen LogP contribution >= 0.6 is 0 Å². The number of nitrogens with zero attached hydrogens (tertiary/aromatic N) is 3. The van der Waals surface area contributed by atoms with Gasteiger partial charge in [-0.25, -0.2) is 0 Å². The zero-order valence-electron chi connectivity index (χ0n) is 11.7. The molecule has 2 rings (SSSR count). The third-order valence-corrected chi connectivity index (χ3v) is 2.94. The summed E-state index contributed by atoms with van der Waals surface area (Å²) in [5.41, 5.74) is 11.9. The summed E-state index contributed by atoms with van der Waals surface area (Å²) in [6.45, 7) is 1.03. The van der Waals surface area contributed by atoms with Crippen LogP contribution in [0.2, 0.25) is 0 Å². The summed E-state index contributed by atoms with van der Waals surface area (Å²) in [4.78, 5) is 9.91. The van der Waals surface area contributed by atoms with Gasteiger partial charge in [0.2, 0.25) is 12.8 Å². The molecule has 0 saturated heterocycles. The number of aliphatic imine (C=N–C) groups is 2. The standard InChI is InChI=1S/C13H19N5O2/c1-16-13(17-12(14)15)18(2)6-5-9-3-4-10-11(7-9)20-8-19-10/h3-4,7H,5-6,8H2,1-2H3,(H4,14,15,16,17). The van der Waals surface area contributed by atoms with E-state index in [1.54, 1.807) is 7.05 Å². The number of guanidine groups is 2. The molecule has 1 aromatic carbocycles. The zero-order valence-corrected chi connectivity index (χ0v) is 11.7. The average Bonchev–Trinajstić information content (AvgIpc) is 2.89. The van der Waals surface area contributed by atoms with E-state index in [9.17, 15) is 0 Å². The Labute approximate surface area is 117 Å². The number of fused-ring (bicyclic) bond motifs is 1. The van der Waals surface area contributed by atoms with Gasteiger partial charge >= 0.3 is 0 Å². The first-order valence-electron chi connectivity index (χ1n) is 6.26. The molecule has 4 N–H and O–H groups in total. The van der Waals surface area contributed by atoms with E-state index in [-0.39, 0.29) is 12.8 Å². The Kier molecular flexibility index (Phi) is 4.29. The second-order valence-corrected chi connectivity index (χ2v) is 4.42. The fourth-order valence-corrected chi connectivity index (χ4v) is 1.91. The number of hydrogen-bond donors (Lipinski definition) is 2. The maximum absolute atomic E-state index is 5.37. The molecule has 7 nitrogen and oxygen atoms in total. The Balaban J connectivity index is 1.96. The van der Waals surface area contributed by atoms with Crippen LogP contribution in [0.5, 0.6) is 11.5 Å². The first-order valence-corrected chi connectivity index (χ1v) is 6.26. The Bertz CT molecular complexity index is 538. The molecular weight excluding hydrogens is 258 g/mol. The van der Waals surface area contributed by atoms with Crippen molar-refractivity contribution in [2.24, 2.45) is 21.5 Å². The fraction of sp³-hybridized carbons (Fsp3) is 0.385. The van der Waals surface area contributed by atoms with Gasteiger partial charge in [-0.15, -0.1) is 0 Å². The summed E-state index contributed by atoms with van der Waals surface area (Å²) in [7, 11) is 3.54. The summed E-state index contributed by atoms with van der Waals surface area (Å²) in [5.74, 6) is 2.09. The molecule has 7 heteroatoms. The van der Waals surface area contributed by atoms with Gasteiger partial charge in [0.05, 0.1) is 0 Å². The topological polar surface area (TPSA) is 98.5 Å². The highest BCUT2D eigenvalue weighted by Gasteiger charge is 2.13. The molecule has 1 aromatic rings. The summed E-state index contributed by atoms with van der Waals surface area (Å²) in [5, 5.41) is 0. The quantitative estimate of drug-likeness (QED) is 0.605. The first kappa shape index (κ1) is 14.0. The molecule has 0 aromatic heterocycles. The van der Waals surface area contributed by atoms with E-state index in [0.717, 1.165) is 30.0 Å². The van der Waals surface area contributed by atoms with Crippen LogP contribution in [0, 0.1) is 0 Å². The van der Waals surface area contributed by atoms with Gasteiger partial charge in [0.1, 0.15) is 0 Å². The molecule has 0 atom stereocenters. The summed E-state index contributed by atoms with van der Waals surface area (Å²) in [6, 6.07) is 5.92. The molecule has 0 spiro atoms. The normalized spacial score (nSPS) is 13.2. The van der Waals surface area contributed by atoms with Crippen LogP contribution in [-0.4, -0.2) is 44.3 Å². The fourth-order valence-electron chi connectivity index (χ4n) is 1.91. The predicted octanol–water partition coefficient (Wildman–Crippen LogP) is 0.149. The number of hydrogen-bond acceptors (Lipinski definition) is 3. The lowest BCUT2D eigenvalue weighted by atomic mass is 10.1. The third-order valence-electron chi connectivity index (χ3n) is 2.94. The monoisotopic (exact) mass is 277 g/mol. The molecule has 108 valence electrons. The van der Waals surface area contributed by atoms with Crippen molar-refractivity contribution in [1.82, 2.24) is 4.90 Å². The van der Waals surface area contributed by atoms with Crippen molar-refractivity contribution in [1.29, 1.82) is 0 Å². The molecule has 1 aliphatic rings. The molecule has 0 aliphatic carbocycles. The highest BCUT2D eigenvalue weighted by Crippen LogP contribution is 2.32. The van der Waals surface area contributed by atoms with Crippen molar-refractivity contribution >= 4 is 11.9 Å². The molecule has 0 fully saturated rings. The predicted molar refractivity (Wildman–Crippen MR) is 78.1 cm³/mol. The van der Waals surface area contributed by atoms with E-state index in [0.29, 0.717) is 5.96 Å². The van der Waals surface area contributed by atoms with Gasteiger partial charge in [0.25, 0.3) is 0 Å². The first-order chi connectivity index (χ1) is 9.60. The minimum absolute atomic E-state index is 0.000490. The molecule has 0 radical (unpaired) electrons. The largest absolute Gasteiger partial charge is 0.454 e. The van der Waals surface area contributed by atoms with Crippen molar-refractivity contribution in [2.75, 3.05) is 27.4 Å². The van der Waals surface area contributed by atoms with Gasteiger partial charge in [-0.05, 0) is 24.1 Å². The maximum Gasteiger partial charge on any atom is 0.231 e. The molecule has 0 bridgehead atoms. The highest BCUT2D eigenvalue weighted by atomic mass is 16.7. The molecule has 1 heterocycles. The van der Waals surface area contributed by atoms with Crippen LogP contribution in [0.4, 0.5) is 0 Å². The van der Waals surface area contributed by atoms with E-state index in [1.807, 2.05) is 30.1 Å². The van der Waals surface area contributed by atoms with Crippen LogP contribution in [0.3, 0.4) is 0 Å². The summed E-state index contributed by atoms with van der Waals surface area (Å²) in [6.07, 6.45) is 0.826. The lowest BCUT2D eigenvalue weighted by Gasteiger charge is -2.17. The summed E-state index contributed by atoms with van der Waals surface area (Å²) >= 11 is 0. The van der Waals surface area contributed by atoms with Crippen LogP contribution in [0.15, 0.2) is 28.2 Å². The van der Waals surface area contributed by atoms with E-state index in [2.05, 4.69) is 9.98 Å². The van der Waals surface area contributed by atoms with E-state index < -0.39 is 0 Å². The number of nitrogens with two attached hydrogens (primary N) is 2. The molecule has 0 amide bonds. The smallest absolute Gasteiger partial charge is 0.231 e. The maximum atomic E-state index is 5.37. The van der Waals surface area contributed by atoms with E-state index >= 15 is 0 Å². The molecule has 20 heavy (non-hydrogen) atoms. The molecule has 0 unspecified atom stereocenters. The van der Waals surface area contributed by atoms with Crippen LogP contribution < -0.4 is 20.9 Å². The number of likely N-dealkylation sites (N-methyl/N-ethyl adjacent to an activating group) is 1. The van der Waals surface area contributed by atoms with Crippen molar-refractivity contribution in [3.8, 4) is 11.5 Å². The van der Waals surface area contributed by atoms with Crippen molar-refractivity contribution in [3.05, 3.63) is 23.8 Å². The number of ether oxygens (including phenoxy) is 2. The zero-order chi connectivity index (χ0) is 14.5.